The Morgan fingerprint density at radius 2 is 1.86 bits per heavy atom. The van der Waals surface area contributed by atoms with Crippen LogP contribution in [0.2, 0.25) is 0 Å². The minimum atomic E-state index is -1.47. The molecule has 76 valence electrons. The number of rotatable bonds is 3. The number of hydrogen-bond acceptors (Lipinski definition) is 6. The Morgan fingerprint density at radius 3 is 2.14 bits per heavy atom. The number of carboxylic acid groups (broad SMARTS) is 1. The van der Waals surface area contributed by atoms with E-state index in [9.17, 15) is 19.5 Å². The molecular weight excluding hydrogens is 220 g/mol. The molecule has 2 N–H and O–H groups in total. The maximum atomic E-state index is 10.6. The largest absolute Gasteiger partial charge is 1.00 e. The molecule has 0 aromatic rings. The van der Waals surface area contributed by atoms with Crippen LogP contribution in [-0.2, 0) is 19.1 Å². The van der Waals surface area contributed by atoms with Crippen molar-refractivity contribution in [2.45, 2.75) is 19.4 Å². The van der Waals surface area contributed by atoms with Crippen LogP contribution in [0.3, 0.4) is 0 Å². The van der Waals surface area contributed by atoms with Crippen LogP contribution in [0.1, 0.15) is 13.3 Å². The van der Waals surface area contributed by atoms with E-state index in [0.29, 0.717) is 0 Å². The molecule has 0 radical (unpaired) electrons. The summed E-state index contributed by atoms with van der Waals surface area (Å²) in [6, 6.07) is -1.35. The number of ether oxygens (including phenoxy) is 1. The van der Waals surface area contributed by atoms with Gasteiger partial charge in [0.2, 0.25) is 0 Å². The zero-order valence-corrected chi connectivity index (χ0v) is 11.5. The first kappa shape index (κ1) is 19.6. The number of esters is 2. The normalized spacial score (nSPS) is 10.1. The molecular formula is C6H11NNaO5P. The molecule has 0 saturated carbocycles. The molecule has 0 aliphatic rings. The molecule has 0 aromatic heterocycles. The monoisotopic (exact) mass is 231 g/mol. The number of carbonyl (C=O) groups excluding carboxylic acids is 3. The SMILES string of the molecule is CC(=O)OC(=O)C(N)CC(=O)[O-].P.[Na+]. The van der Waals surface area contributed by atoms with Crippen molar-refractivity contribution in [3.63, 3.8) is 0 Å². The summed E-state index contributed by atoms with van der Waals surface area (Å²) < 4.78 is 4.02. The van der Waals surface area contributed by atoms with Gasteiger partial charge in [-0.1, -0.05) is 0 Å². The van der Waals surface area contributed by atoms with Crippen LogP contribution in [0, 0.1) is 0 Å². The van der Waals surface area contributed by atoms with Crippen molar-refractivity contribution in [3.05, 3.63) is 0 Å². The molecule has 0 aliphatic carbocycles. The van der Waals surface area contributed by atoms with Gasteiger partial charge in [-0.05, 0) is 0 Å². The molecule has 0 aliphatic heterocycles. The summed E-state index contributed by atoms with van der Waals surface area (Å²) in [5.41, 5.74) is 5.02. The van der Waals surface area contributed by atoms with E-state index in [4.69, 9.17) is 5.73 Å². The molecule has 0 spiro atoms. The van der Waals surface area contributed by atoms with Crippen LogP contribution < -0.4 is 40.4 Å². The van der Waals surface area contributed by atoms with Crippen LogP contribution in [0.5, 0.6) is 0 Å². The van der Waals surface area contributed by atoms with E-state index >= 15 is 0 Å². The Morgan fingerprint density at radius 1 is 1.43 bits per heavy atom. The third-order valence-corrected chi connectivity index (χ3v) is 0.934. The van der Waals surface area contributed by atoms with Gasteiger partial charge in [0.05, 0.1) is 0 Å². The molecule has 0 fully saturated rings. The van der Waals surface area contributed by atoms with Gasteiger partial charge < -0.3 is 20.4 Å². The maximum Gasteiger partial charge on any atom is 1.00 e. The quantitative estimate of drug-likeness (QED) is 0.225. The maximum absolute atomic E-state index is 10.6. The molecule has 8 heteroatoms. The minimum absolute atomic E-state index is 0. The Labute approximate surface area is 106 Å². The number of aliphatic carboxylic acids is 1. The van der Waals surface area contributed by atoms with Crippen LogP contribution in [0.15, 0.2) is 0 Å². The van der Waals surface area contributed by atoms with E-state index in [-0.39, 0.29) is 39.5 Å². The van der Waals surface area contributed by atoms with Crippen LogP contribution in [0.4, 0.5) is 0 Å². The molecule has 2 unspecified atom stereocenters. The summed E-state index contributed by atoms with van der Waals surface area (Å²) in [6.07, 6.45) is -0.661. The van der Waals surface area contributed by atoms with Crippen molar-refractivity contribution in [1.29, 1.82) is 0 Å². The van der Waals surface area contributed by atoms with E-state index in [1.165, 1.54) is 0 Å². The summed E-state index contributed by atoms with van der Waals surface area (Å²) in [5.74, 6) is -3.36. The second kappa shape index (κ2) is 9.55. The van der Waals surface area contributed by atoms with Gasteiger partial charge in [-0.2, -0.15) is 9.90 Å². The third kappa shape index (κ3) is 10.1. The van der Waals surface area contributed by atoms with Gasteiger partial charge in [-0.3, -0.25) is 4.79 Å². The molecule has 0 rings (SSSR count). The Kier molecular flexibility index (Phi) is 13.3. The third-order valence-electron chi connectivity index (χ3n) is 0.934. The van der Waals surface area contributed by atoms with E-state index in [1.807, 2.05) is 0 Å². The van der Waals surface area contributed by atoms with Crippen molar-refractivity contribution in [2.75, 3.05) is 0 Å². The summed E-state index contributed by atoms with van der Waals surface area (Å²) >= 11 is 0. The topological polar surface area (TPSA) is 110 Å². The second-order valence-electron chi connectivity index (χ2n) is 2.10. The predicted octanol–water partition coefficient (Wildman–Crippen LogP) is -5.39. The fourth-order valence-corrected chi connectivity index (χ4v) is 0.480. The zero-order chi connectivity index (χ0) is 9.72. The van der Waals surface area contributed by atoms with E-state index < -0.39 is 30.4 Å². The summed E-state index contributed by atoms with van der Waals surface area (Å²) in [7, 11) is 0. The average molecular weight is 231 g/mol. The van der Waals surface area contributed by atoms with Crippen molar-refractivity contribution in [1.82, 2.24) is 0 Å². The Bertz CT molecular complexity index is 222. The molecule has 0 bridgehead atoms. The first-order valence-corrected chi connectivity index (χ1v) is 3.11. The fraction of sp³-hybridized carbons (Fsp3) is 0.500. The van der Waals surface area contributed by atoms with E-state index in [0.717, 1.165) is 6.92 Å². The van der Waals surface area contributed by atoms with Gasteiger partial charge in [-0.15, -0.1) is 0 Å². The number of hydrogen-bond donors (Lipinski definition) is 1. The van der Waals surface area contributed by atoms with Crippen LogP contribution in [0.25, 0.3) is 0 Å². The zero-order valence-electron chi connectivity index (χ0n) is 8.11. The van der Waals surface area contributed by atoms with Gasteiger partial charge in [0.25, 0.3) is 0 Å². The summed E-state index contributed by atoms with van der Waals surface area (Å²) in [4.78, 5) is 30.7. The fourth-order valence-electron chi connectivity index (χ4n) is 0.480. The summed E-state index contributed by atoms with van der Waals surface area (Å²) in [6.45, 7) is 1.02. The molecule has 0 heterocycles. The van der Waals surface area contributed by atoms with Crippen molar-refractivity contribution in [2.24, 2.45) is 5.73 Å². The molecule has 6 nitrogen and oxygen atoms in total. The molecule has 0 amide bonds. The first-order valence-electron chi connectivity index (χ1n) is 3.11. The minimum Gasteiger partial charge on any atom is -0.550 e. The Hall–Kier alpha value is -0.000000000000000222. The van der Waals surface area contributed by atoms with Crippen LogP contribution >= 0.6 is 9.90 Å². The van der Waals surface area contributed by atoms with Gasteiger partial charge in [0.15, 0.2) is 0 Å². The molecule has 0 aromatic carbocycles. The van der Waals surface area contributed by atoms with Gasteiger partial charge >= 0.3 is 41.5 Å². The average Bonchev–Trinajstić information content (AvgIpc) is 1.84. The first-order chi connectivity index (χ1) is 5.43. The predicted molar refractivity (Wildman–Crippen MR) is 45.5 cm³/mol. The van der Waals surface area contributed by atoms with Crippen molar-refractivity contribution in [3.8, 4) is 0 Å². The van der Waals surface area contributed by atoms with Gasteiger partial charge in [0, 0.05) is 19.3 Å². The number of nitrogens with two attached hydrogens (primary N) is 1. The van der Waals surface area contributed by atoms with Gasteiger partial charge in [0.1, 0.15) is 6.04 Å². The number of carbonyl (C=O) groups is 3. The smallest absolute Gasteiger partial charge is 0.550 e. The van der Waals surface area contributed by atoms with E-state index in [2.05, 4.69) is 4.74 Å². The molecule has 14 heavy (non-hydrogen) atoms. The molecule has 0 saturated heterocycles. The van der Waals surface area contributed by atoms with Crippen LogP contribution in [-0.4, -0.2) is 23.9 Å². The molecule has 2 atom stereocenters. The van der Waals surface area contributed by atoms with Crippen molar-refractivity contribution >= 4 is 27.8 Å². The summed E-state index contributed by atoms with van der Waals surface area (Å²) in [5, 5.41) is 9.92. The second-order valence-corrected chi connectivity index (χ2v) is 2.10. The van der Waals surface area contributed by atoms with Gasteiger partial charge in [-0.25, -0.2) is 4.79 Å². The standard InChI is InChI=1S/C6H9NO5.Na.H3P/c1-3(8)12-6(11)4(7)2-5(9)10;;/h4H,2,7H2,1H3,(H,9,10);;1H3/q;+1;/p-1. The number of carboxylic acids is 1. The van der Waals surface area contributed by atoms with Crippen molar-refractivity contribution < 1.29 is 53.8 Å². The van der Waals surface area contributed by atoms with E-state index in [1.54, 1.807) is 0 Å². The Balaban J connectivity index is -0.000000605.